The Morgan fingerprint density at radius 3 is 2.87 bits per heavy atom. The lowest BCUT2D eigenvalue weighted by Crippen LogP contribution is -2.38. The van der Waals surface area contributed by atoms with Gasteiger partial charge in [-0.15, -0.1) is 0 Å². The lowest BCUT2D eigenvalue weighted by molar-refractivity contribution is -0.132. The summed E-state index contributed by atoms with van der Waals surface area (Å²) in [4.78, 5) is 14.6. The number of carbonyl (C=O) groups excluding carboxylic acids is 1. The third kappa shape index (κ3) is 2.61. The van der Waals surface area contributed by atoms with E-state index in [1.54, 1.807) is 0 Å². The van der Waals surface area contributed by atoms with Crippen molar-refractivity contribution < 1.29 is 4.79 Å². The van der Waals surface area contributed by atoms with Gasteiger partial charge >= 0.3 is 0 Å². The van der Waals surface area contributed by atoms with Gasteiger partial charge in [0.25, 0.3) is 0 Å². The van der Waals surface area contributed by atoms with Crippen LogP contribution in [-0.2, 0) is 24.3 Å². The average Bonchev–Trinajstić information content (AvgIpc) is 2.96. The number of rotatable bonds is 2. The predicted octanol–water partition coefficient (Wildman–Crippen LogP) is 2.93. The zero-order chi connectivity index (χ0) is 15.8. The molecule has 0 radical (unpaired) electrons. The minimum absolute atomic E-state index is 0.131. The number of carbonyl (C=O) groups is 1. The van der Waals surface area contributed by atoms with Crippen molar-refractivity contribution in [2.75, 3.05) is 6.54 Å². The number of hydrogen-bond acceptors (Lipinski definition) is 2. The summed E-state index contributed by atoms with van der Waals surface area (Å²) in [6.07, 6.45) is 2.76. The maximum absolute atomic E-state index is 12.7. The molecular formula is C19H19N3O. The summed E-state index contributed by atoms with van der Waals surface area (Å²) in [5.41, 5.74) is 4.82. The molecule has 1 aliphatic heterocycles. The van der Waals surface area contributed by atoms with Gasteiger partial charge in [-0.25, -0.2) is 0 Å². The lowest BCUT2D eigenvalue weighted by atomic mass is 10.00. The van der Waals surface area contributed by atoms with Gasteiger partial charge in [-0.2, -0.15) is 5.10 Å². The highest BCUT2D eigenvalue weighted by Gasteiger charge is 2.21. The van der Waals surface area contributed by atoms with Crippen LogP contribution in [0.4, 0.5) is 0 Å². The first kappa shape index (κ1) is 14.0. The smallest absolute Gasteiger partial charge is 0.244 e. The van der Waals surface area contributed by atoms with E-state index in [1.165, 1.54) is 16.7 Å². The van der Waals surface area contributed by atoms with Crippen molar-refractivity contribution in [3.63, 3.8) is 0 Å². The molecule has 4 rings (SSSR count). The van der Waals surface area contributed by atoms with Crippen LogP contribution in [0.2, 0.25) is 0 Å². The molecule has 0 saturated heterocycles. The quantitative estimate of drug-likeness (QED) is 0.730. The molecule has 116 valence electrons. The number of aromatic nitrogens is 2. The molecule has 1 aromatic heterocycles. The van der Waals surface area contributed by atoms with Crippen LogP contribution < -0.4 is 0 Å². The van der Waals surface area contributed by atoms with Crippen LogP contribution in [0, 0.1) is 6.92 Å². The summed E-state index contributed by atoms with van der Waals surface area (Å²) >= 11 is 0. The van der Waals surface area contributed by atoms with Crippen LogP contribution in [0.5, 0.6) is 0 Å². The molecule has 23 heavy (non-hydrogen) atoms. The standard InChI is InChI=1S/C19H19N3O/c1-14-6-7-16-11-20-22(18(16)10-14)13-19(23)21-9-8-15-4-2-3-5-17(15)12-21/h2-7,10-11H,8-9,12-13H2,1H3. The zero-order valence-corrected chi connectivity index (χ0v) is 13.2. The van der Waals surface area contributed by atoms with Crippen molar-refractivity contribution in [3.8, 4) is 0 Å². The summed E-state index contributed by atoms with van der Waals surface area (Å²) in [7, 11) is 0. The number of fused-ring (bicyclic) bond motifs is 2. The first-order valence-electron chi connectivity index (χ1n) is 7.97. The van der Waals surface area contributed by atoms with Gasteiger partial charge in [0.05, 0.1) is 11.7 Å². The largest absolute Gasteiger partial charge is 0.336 e. The molecule has 0 atom stereocenters. The summed E-state index contributed by atoms with van der Waals surface area (Å²) < 4.78 is 1.81. The van der Waals surface area contributed by atoms with Crippen molar-refractivity contribution in [2.24, 2.45) is 0 Å². The van der Waals surface area contributed by atoms with E-state index in [1.807, 2.05) is 21.8 Å². The number of amides is 1. The first-order chi connectivity index (χ1) is 11.2. The minimum Gasteiger partial charge on any atom is -0.336 e. The van der Waals surface area contributed by atoms with Crippen molar-refractivity contribution in [1.29, 1.82) is 0 Å². The van der Waals surface area contributed by atoms with Gasteiger partial charge in [0.15, 0.2) is 0 Å². The Morgan fingerprint density at radius 2 is 2.00 bits per heavy atom. The second-order valence-corrected chi connectivity index (χ2v) is 6.20. The Labute approximate surface area is 135 Å². The molecule has 0 spiro atoms. The maximum Gasteiger partial charge on any atom is 0.244 e. The Bertz CT molecular complexity index is 881. The fourth-order valence-electron chi connectivity index (χ4n) is 3.24. The topological polar surface area (TPSA) is 38.1 Å². The van der Waals surface area contributed by atoms with E-state index in [0.29, 0.717) is 13.1 Å². The molecule has 0 saturated carbocycles. The van der Waals surface area contributed by atoms with E-state index >= 15 is 0 Å². The van der Waals surface area contributed by atoms with Gasteiger partial charge < -0.3 is 4.90 Å². The van der Waals surface area contributed by atoms with Crippen LogP contribution in [0.1, 0.15) is 16.7 Å². The molecule has 3 aromatic rings. The van der Waals surface area contributed by atoms with E-state index in [4.69, 9.17) is 0 Å². The highest BCUT2D eigenvalue weighted by atomic mass is 16.2. The highest BCUT2D eigenvalue weighted by Crippen LogP contribution is 2.20. The van der Waals surface area contributed by atoms with Crippen molar-refractivity contribution in [3.05, 3.63) is 65.4 Å². The van der Waals surface area contributed by atoms with Gasteiger partial charge in [-0.05, 0) is 36.1 Å². The van der Waals surface area contributed by atoms with Gasteiger partial charge in [0, 0.05) is 18.5 Å². The Kier molecular flexibility index (Phi) is 3.37. The molecule has 0 bridgehead atoms. The molecule has 2 aromatic carbocycles. The summed E-state index contributed by atoms with van der Waals surface area (Å²) in [5, 5.41) is 5.46. The normalized spacial score (nSPS) is 14.0. The third-order valence-corrected chi connectivity index (χ3v) is 4.57. The molecule has 0 unspecified atom stereocenters. The third-order valence-electron chi connectivity index (χ3n) is 4.57. The van der Waals surface area contributed by atoms with Gasteiger partial charge in [-0.1, -0.05) is 36.4 Å². The molecule has 4 nitrogen and oxygen atoms in total. The minimum atomic E-state index is 0.131. The Balaban J connectivity index is 1.55. The molecule has 1 aliphatic rings. The van der Waals surface area contributed by atoms with Crippen LogP contribution in [-0.4, -0.2) is 27.1 Å². The monoisotopic (exact) mass is 305 g/mol. The van der Waals surface area contributed by atoms with Gasteiger partial charge in [-0.3, -0.25) is 9.48 Å². The molecule has 0 N–H and O–H groups in total. The molecule has 1 amide bonds. The van der Waals surface area contributed by atoms with E-state index in [-0.39, 0.29) is 5.91 Å². The molecule has 0 fully saturated rings. The fourth-order valence-corrected chi connectivity index (χ4v) is 3.24. The van der Waals surface area contributed by atoms with Crippen LogP contribution in [0.25, 0.3) is 10.9 Å². The van der Waals surface area contributed by atoms with E-state index in [9.17, 15) is 4.79 Å². The number of benzene rings is 2. The molecule has 0 aliphatic carbocycles. The number of nitrogens with zero attached hydrogens (tertiary/aromatic N) is 3. The van der Waals surface area contributed by atoms with E-state index in [0.717, 1.165) is 23.9 Å². The summed E-state index contributed by atoms with van der Waals surface area (Å²) in [5.74, 6) is 0.131. The zero-order valence-electron chi connectivity index (χ0n) is 13.2. The maximum atomic E-state index is 12.7. The van der Waals surface area contributed by atoms with E-state index < -0.39 is 0 Å². The SMILES string of the molecule is Cc1ccc2cnn(CC(=O)N3CCc4ccccc4C3)c2c1. The fraction of sp³-hybridized carbons (Fsp3) is 0.263. The molecule has 4 heteroatoms. The van der Waals surface area contributed by atoms with Crippen LogP contribution >= 0.6 is 0 Å². The van der Waals surface area contributed by atoms with E-state index in [2.05, 4.69) is 48.4 Å². The molecule has 2 heterocycles. The number of aryl methyl sites for hydroxylation is 1. The summed E-state index contributed by atoms with van der Waals surface area (Å²) in [6, 6.07) is 14.6. The lowest BCUT2D eigenvalue weighted by Gasteiger charge is -2.29. The average molecular weight is 305 g/mol. The predicted molar refractivity (Wildman–Crippen MR) is 90.0 cm³/mol. The highest BCUT2D eigenvalue weighted by molar-refractivity contribution is 5.82. The summed E-state index contributed by atoms with van der Waals surface area (Å²) in [6.45, 7) is 3.84. The first-order valence-corrected chi connectivity index (χ1v) is 7.97. The van der Waals surface area contributed by atoms with Gasteiger partial charge in [0.2, 0.25) is 5.91 Å². The van der Waals surface area contributed by atoms with Crippen molar-refractivity contribution in [1.82, 2.24) is 14.7 Å². The van der Waals surface area contributed by atoms with Gasteiger partial charge in [0.1, 0.15) is 6.54 Å². The van der Waals surface area contributed by atoms with Crippen molar-refractivity contribution >= 4 is 16.8 Å². The Morgan fingerprint density at radius 1 is 1.17 bits per heavy atom. The van der Waals surface area contributed by atoms with Crippen LogP contribution in [0.15, 0.2) is 48.7 Å². The van der Waals surface area contributed by atoms with Crippen molar-refractivity contribution in [2.45, 2.75) is 26.4 Å². The van der Waals surface area contributed by atoms with Crippen LogP contribution in [0.3, 0.4) is 0 Å². The molecular weight excluding hydrogens is 286 g/mol. The second kappa shape index (κ2) is 5.54. The number of hydrogen-bond donors (Lipinski definition) is 0. The Hall–Kier alpha value is -2.62. The second-order valence-electron chi connectivity index (χ2n) is 6.20.